The zero-order valence-electron chi connectivity index (χ0n) is 13.5. The second kappa shape index (κ2) is 6.53. The predicted molar refractivity (Wildman–Crippen MR) is 101 cm³/mol. The van der Waals surface area contributed by atoms with E-state index in [1.54, 1.807) is 18.6 Å². The lowest BCUT2D eigenvalue weighted by Gasteiger charge is -2.14. The van der Waals surface area contributed by atoms with E-state index >= 15 is 0 Å². The van der Waals surface area contributed by atoms with Gasteiger partial charge in [0.05, 0.1) is 17.1 Å². The molecule has 3 heterocycles. The maximum Gasteiger partial charge on any atom is 0.0992 e. The summed E-state index contributed by atoms with van der Waals surface area (Å²) in [7, 11) is 0. The lowest BCUT2D eigenvalue weighted by molar-refractivity contribution is 1.23. The number of hydrogen-bond acceptors (Lipinski definition) is 4. The molecule has 4 nitrogen and oxygen atoms in total. The van der Waals surface area contributed by atoms with Crippen LogP contribution in [0.5, 0.6) is 0 Å². The van der Waals surface area contributed by atoms with E-state index in [1.807, 2.05) is 66.7 Å². The number of nitrogen functional groups attached to an aromatic ring is 1. The summed E-state index contributed by atoms with van der Waals surface area (Å²) in [6.45, 7) is 0. The van der Waals surface area contributed by atoms with Gasteiger partial charge in [0.1, 0.15) is 0 Å². The van der Waals surface area contributed by atoms with E-state index in [9.17, 15) is 0 Å². The third-order valence-electron chi connectivity index (χ3n) is 4.02. The van der Waals surface area contributed by atoms with Crippen molar-refractivity contribution in [2.45, 2.75) is 0 Å². The van der Waals surface area contributed by atoms with Gasteiger partial charge >= 0.3 is 0 Å². The molecule has 0 amide bonds. The zero-order valence-corrected chi connectivity index (χ0v) is 13.5. The average molecular weight is 324 g/mol. The number of nitrogens with zero attached hydrogens (tertiary/aromatic N) is 3. The summed E-state index contributed by atoms with van der Waals surface area (Å²) in [4.78, 5) is 13.7. The van der Waals surface area contributed by atoms with Gasteiger partial charge in [-0.3, -0.25) is 15.0 Å². The summed E-state index contributed by atoms with van der Waals surface area (Å²) in [5, 5.41) is 0. The van der Waals surface area contributed by atoms with Crippen LogP contribution in [0.3, 0.4) is 0 Å². The summed E-state index contributed by atoms with van der Waals surface area (Å²) in [5.74, 6) is 0. The van der Waals surface area contributed by atoms with Gasteiger partial charge in [-0.05, 0) is 35.9 Å². The van der Waals surface area contributed by atoms with Gasteiger partial charge in [0, 0.05) is 35.4 Å². The Hall–Kier alpha value is -3.53. The molecule has 0 radical (unpaired) electrons. The number of pyridine rings is 3. The zero-order chi connectivity index (χ0) is 17.1. The highest BCUT2D eigenvalue weighted by Gasteiger charge is 2.17. The van der Waals surface area contributed by atoms with Crippen molar-refractivity contribution in [1.29, 1.82) is 0 Å². The highest BCUT2D eigenvalue weighted by molar-refractivity contribution is 5.91. The Balaban J connectivity index is 1.98. The summed E-state index contributed by atoms with van der Waals surface area (Å²) in [5.41, 5.74) is 12.2. The highest BCUT2D eigenvalue weighted by Crippen LogP contribution is 2.37. The second-order valence-electron chi connectivity index (χ2n) is 5.60. The van der Waals surface area contributed by atoms with E-state index in [-0.39, 0.29) is 0 Å². The minimum atomic E-state index is 0.675. The van der Waals surface area contributed by atoms with Crippen LogP contribution in [-0.4, -0.2) is 15.0 Å². The van der Waals surface area contributed by atoms with Crippen LogP contribution < -0.4 is 5.73 Å². The molecule has 120 valence electrons. The van der Waals surface area contributed by atoms with Crippen LogP contribution >= 0.6 is 0 Å². The minimum absolute atomic E-state index is 0.675. The molecule has 4 aromatic rings. The molecule has 3 aromatic heterocycles. The summed E-state index contributed by atoms with van der Waals surface area (Å²) < 4.78 is 0. The van der Waals surface area contributed by atoms with Gasteiger partial charge < -0.3 is 5.73 Å². The van der Waals surface area contributed by atoms with E-state index in [2.05, 4.69) is 15.0 Å². The first-order valence-corrected chi connectivity index (χ1v) is 8.01. The summed E-state index contributed by atoms with van der Waals surface area (Å²) >= 11 is 0. The molecular weight excluding hydrogens is 308 g/mol. The predicted octanol–water partition coefficient (Wildman–Crippen LogP) is 4.45. The first-order chi connectivity index (χ1) is 12.3. The summed E-state index contributed by atoms with van der Waals surface area (Å²) in [6.07, 6.45) is 5.26. The van der Waals surface area contributed by atoms with Gasteiger partial charge in [0.2, 0.25) is 0 Å². The monoisotopic (exact) mass is 324 g/mol. The van der Waals surface area contributed by atoms with Crippen molar-refractivity contribution in [2.24, 2.45) is 0 Å². The number of rotatable bonds is 3. The Kier molecular flexibility index (Phi) is 3.92. The smallest absolute Gasteiger partial charge is 0.0992 e. The molecule has 25 heavy (non-hydrogen) atoms. The van der Waals surface area contributed by atoms with Crippen LogP contribution in [0.25, 0.3) is 33.8 Å². The van der Waals surface area contributed by atoms with E-state index in [4.69, 9.17) is 5.73 Å². The SMILES string of the molecule is Nc1ccnc(-c2ncccc2-c2ccccn2)c1-c1ccccc1. The fourth-order valence-corrected chi connectivity index (χ4v) is 2.89. The molecule has 0 atom stereocenters. The van der Waals surface area contributed by atoms with E-state index in [0.717, 1.165) is 33.8 Å². The Labute approximate surface area is 146 Å². The van der Waals surface area contributed by atoms with E-state index < -0.39 is 0 Å². The highest BCUT2D eigenvalue weighted by atomic mass is 14.8. The van der Waals surface area contributed by atoms with Crippen molar-refractivity contribution in [3.05, 3.63) is 85.3 Å². The minimum Gasteiger partial charge on any atom is -0.398 e. The molecule has 0 aliphatic rings. The number of benzene rings is 1. The van der Waals surface area contributed by atoms with Crippen LogP contribution in [0.2, 0.25) is 0 Å². The average Bonchev–Trinajstić information content (AvgIpc) is 2.69. The van der Waals surface area contributed by atoms with Gasteiger partial charge in [-0.2, -0.15) is 0 Å². The molecule has 0 aliphatic carbocycles. The van der Waals surface area contributed by atoms with Gasteiger partial charge in [0.15, 0.2) is 0 Å². The molecule has 1 aromatic carbocycles. The normalized spacial score (nSPS) is 10.6. The van der Waals surface area contributed by atoms with Crippen LogP contribution in [0, 0.1) is 0 Å². The van der Waals surface area contributed by atoms with Crippen LogP contribution in [-0.2, 0) is 0 Å². The topological polar surface area (TPSA) is 64.7 Å². The number of aromatic nitrogens is 3. The largest absolute Gasteiger partial charge is 0.398 e. The number of hydrogen-bond donors (Lipinski definition) is 1. The second-order valence-corrected chi connectivity index (χ2v) is 5.60. The van der Waals surface area contributed by atoms with Crippen molar-refractivity contribution in [2.75, 3.05) is 5.73 Å². The third kappa shape index (κ3) is 2.85. The molecule has 4 rings (SSSR count). The van der Waals surface area contributed by atoms with Crippen molar-refractivity contribution < 1.29 is 0 Å². The van der Waals surface area contributed by atoms with Gasteiger partial charge in [-0.15, -0.1) is 0 Å². The molecular formula is C21H16N4. The van der Waals surface area contributed by atoms with Crippen LogP contribution in [0.15, 0.2) is 85.3 Å². The van der Waals surface area contributed by atoms with Crippen molar-refractivity contribution in [1.82, 2.24) is 15.0 Å². The molecule has 0 saturated heterocycles. The maximum absolute atomic E-state index is 6.30. The third-order valence-corrected chi connectivity index (χ3v) is 4.02. The molecule has 0 saturated carbocycles. The molecule has 4 heteroatoms. The van der Waals surface area contributed by atoms with Gasteiger partial charge in [0.25, 0.3) is 0 Å². The lowest BCUT2D eigenvalue weighted by atomic mass is 9.97. The molecule has 0 bridgehead atoms. The van der Waals surface area contributed by atoms with Crippen LogP contribution in [0.4, 0.5) is 5.69 Å². The van der Waals surface area contributed by atoms with Crippen LogP contribution in [0.1, 0.15) is 0 Å². The molecule has 0 unspecified atom stereocenters. The fraction of sp³-hybridized carbons (Fsp3) is 0. The van der Waals surface area contributed by atoms with Gasteiger partial charge in [-0.1, -0.05) is 36.4 Å². The lowest BCUT2D eigenvalue weighted by Crippen LogP contribution is -1.99. The quantitative estimate of drug-likeness (QED) is 0.604. The Morgan fingerprint density at radius 3 is 2.16 bits per heavy atom. The number of anilines is 1. The molecule has 2 N–H and O–H groups in total. The van der Waals surface area contributed by atoms with Crippen molar-refractivity contribution >= 4 is 5.69 Å². The Morgan fingerprint density at radius 1 is 0.600 bits per heavy atom. The van der Waals surface area contributed by atoms with Crippen molar-refractivity contribution in [3.8, 4) is 33.8 Å². The van der Waals surface area contributed by atoms with Crippen molar-refractivity contribution in [3.63, 3.8) is 0 Å². The van der Waals surface area contributed by atoms with E-state index in [0.29, 0.717) is 5.69 Å². The molecule has 0 fully saturated rings. The molecule has 0 spiro atoms. The number of nitrogens with two attached hydrogens (primary N) is 1. The summed E-state index contributed by atoms with van der Waals surface area (Å²) in [6, 6.07) is 21.6. The van der Waals surface area contributed by atoms with Gasteiger partial charge in [-0.25, -0.2) is 0 Å². The standard InChI is InChI=1S/C21H16N4/c22-17-11-14-25-21(19(17)15-7-2-1-3-8-15)20-16(9-6-13-24-20)18-10-4-5-12-23-18/h1-14H,(H2,22,25). The fourth-order valence-electron chi connectivity index (χ4n) is 2.89. The molecule has 0 aliphatic heterocycles. The Bertz CT molecular complexity index is 999. The maximum atomic E-state index is 6.30. The first-order valence-electron chi connectivity index (χ1n) is 8.01. The Morgan fingerprint density at radius 2 is 1.36 bits per heavy atom. The first kappa shape index (κ1) is 15.0. The van der Waals surface area contributed by atoms with E-state index in [1.165, 1.54) is 0 Å².